The lowest BCUT2D eigenvalue weighted by Gasteiger charge is -1.96. The van der Waals surface area contributed by atoms with E-state index in [9.17, 15) is 4.79 Å². The number of carboxylic acids is 1. The summed E-state index contributed by atoms with van der Waals surface area (Å²) in [6, 6.07) is 1.68. The standard InChI is InChI=1S/C10H10N2O3/c1-2-7-8(10(13)14)9(12-11-7)6-3-4-15-5-6/h3-5H,2H2,1H3,(H,11,12)(H,13,14). The van der Waals surface area contributed by atoms with Crippen LogP contribution in [0.5, 0.6) is 0 Å². The van der Waals surface area contributed by atoms with Gasteiger partial charge in [0.2, 0.25) is 0 Å². The molecule has 0 amide bonds. The molecular weight excluding hydrogens is 196 g/mol. The van der Waals surface area contributed by atoms with E-state index in [2.05, 4.69) is 10.2 Å². The molecule has 2 N–H and O–H groups in total. The van der Waals surface area contributed by atoms with Crippen molar-refractivity contribution in [1.82, 2.24) is 10.2 Å². The Bertz CT molecular complexity index is 471. The zero-order valence-corrected chi connectivity index (χ0v) is 8.15. The minimum absolute atomic E-state index is 0.221. The van der Waals surface area contributed by atoms with Crippen LogP contribution in [0.25, 0.3) is 11.3 Å². The van der Waals surface area contributed by atoms with Crippen LogP contribution >= 0.6 is 0 Å². The van der Waals surface area contributed by atoms with E-state index in [0.29, 0.717) is 23.4 Å². The first-order valence-electron chi connectivity index (χ1n) is 4.57. The predicted octanol–water partition coefficient (Wildman–Crippen LogP) is 1.93. The summed E-state index contributed by atoms with van der Waals surface area (Å²) >= 11 is 0. The van der Waals surface area contributed by atoms with Crippen molar-refractivity contribution in [1.29, 1.82) is 0 Å². The number of aromatic nitrogens is 2. The smallest absolute Gasteiger partial charge is 0.339 e. The molecule has 0 aliphatic rings. The Hall–Kier alpha value is -2.04. The van der Waals surface area contributed by atoms with Crippen molar-refractivity contribution < 1.29 is 14.3 Å². The second-order valence-electron chi connectivity index (χ2n) is 3.10. The zero-order chi connectivity index (χ0) is 10.8. The lowest BCUT2D eigenvalue weighted by atomic mass is 10.1. The van der Waals surface area contributed by atoms with Gasteiger partial charge in [-0.15, -0.1) is 0 Å². The lowest BCUT2D eigenvalue weighted by molar-refractivity contribution is 0.0696. The molecule has 0 aliphatic heterocycles. The van der Waals surface area contributed by atoms with Crippen LogP contribution in [0.4, 0.5) is 0 Å². The monoisotopic (exact) mass is 206 g/mol. The number of carboxylic acid groups (broad SMARTS) is 1. The highest BCUT2D eigenvalue weighted by Crippen LogP contribution is 2.24. The average Bonchev–Trinajstić information content (AvgIpc) is 2.85. The van der Waals surface area contributed by atoms with Gasteiger partial charge in [0.15, 0.2) is 0 Å². The van der Waals surface area contributed by atoms with Crippen molar-refractivity contribution in [3.63, 3.8) is 0 Å². The number of hydrogen-bond donors (Lipinski definition) is 2. The Kier molecular flexibility index (Phi) is 2.29. The van der Waals surface area contributed by atoms with E-state index in [1.807, 2.05) is 6.92 Å². The molecule has 2 aromatic rings. The van der Waals surface area contributed by atoms with Crippen LogP contribution in [0.2, 0.25) is 0 Å². The van der Waals surface area contributed by atoms with Gasteiger partial charge in [0.25, 0.3) is 0 Å². The summed E-state index contributed by atoms with van der Waals surface area (Å²) in [4.78, 5) is 11.1. The quantitative estimate of drug-likeness (QED) is 0.804. The third-order valence-electron chi connectivity index (χ3n) is 2.20. The van der Waals surface area contributed by atoms with Crippen LogP contribution in [0.15, 0.2) is 23.0 Å². The van der Waals surface area contributed by atoms with Crippen LogP contribution in [0, 0.1) is 0 Å². The van der Waals surface area contributed by atoms with Gasteiger partial charge in [-0.25, -0.2) is 4.79 Å². The van der Waals surface area contributed by atoms with Gasteiger partial charge in [-0.3, -0.25) is 5.10 Å². The molecule has 0 aliphatic carbocycles. The normalized spacial score (nSPS) is 10.5. The number of nitrogens with one attached hydrogen (secondary N) is 1. The molecule has 0 saturated heterocycles. The molecule has 2 aromatic heterocycles. The SMILES string of the molecule is CCc1[nH]nc(-c2ccoc2)c1C(=O)O. The second-order valence-corrected chi connectivity index (χ2v) is 3.10. The van der Waals surface area contributed by atoms with Crippen LogP contribution in [0.1, 0.15) is 23.0 Å². The Balaban J connectivity index is 2.58. The molecule has 0 atom stereocenters. The number of H-pyrrole nitrogens is 1. The molecule has 0 radical (unpaired) electrons. The predicted molar refractivity (Wildman–Crippen MR) is 52.6 cm³/mol. The number of nitrogens with zero attached hydrogens (tertiary/aromatic N) is 1. The summed E-state index contributed by atoms with van der Waals surface area (Å²) in [5.74, 6) is -0.975. The van der Waals surface area contributed by atoms with E-state index in [0.717, 1.165) is 0 Å². The number of furan rings is 1. The van der Waals surface area contributed by atoms with E-state index in [1.165, 1.54) is 12.5 Å². The zero-order valence-electron chi connectivity index (χ0n) is 8.15. The number of hydrogen-bond acceptors (Lipinski definition) is 3. The van der Waals surface area contributed by atoms with Gasteiger partial charge in [-0.05, 0) is 12.5 Å². The lowest BCUT2D eigenvalue weighted by Crippen LogP contribution is -2.00. The number of aromatic amines is 1. The van der Waals surface area contributed by atoms with Crippen molar-refractivity contribution >= 4 is 5.97 Å². The molecule has 0 aromatic carbocycles. The highest BCUT2D eigenvalue weighted by Gasteiger charge is 2.20. The number of carbonyl (C=O) groups is 1. The summed E-state index contributed by atoms with van der Waals surface area (Å²) in [6.45, 7) is 1.87. The molecule has 2 rings (SSSR count). The third-order valence-corrected chi connectivity index (χ3v) is 2.20. The molecular formula is C10H10N2O3. The maximum absolute atomic E-state index is 11.1. The highest BCUT2D eigenvalue weighted by atomic mass is 16.4. The van der Waals surface area contributed by atoms with E-state index >= 15 is 0 Å². The Morgan fingerprint density at radius 2 is 2.47 bits per heavy atom. The molecule has 5 nitrogen and oxygen atoms in total. The van der Waals surface area contributed by atoms with Gasteiger partial charge in [-0.1, -0.05) is 6.92 Å². The van der Waals surface area contributed by atoms with Crippen LogP contribution in [-0.2, 0) is 6.42 Å². The minimum atomic E-state index is -0.975. The fourth-order valence-electron chi connectivity index (χ4n) is 1.47. The summed E-state index contributed by atoms with van der Waals surface area (Å²) in [5.41, 5.74) is 1.94. The summed E-state index contributed by atoms with van der Waals surface area (Å²) in [6.07, 6.45) is 3.57. The van der Waals surface area contributed by atoms with Gasteiger partial charge in [0.05, 0.1) is 18.2 Å². The maximum atomic E-state index is 11.1. The summed E-state index contributed by atoms with van der Waals surface area (Å²) in [5, 5.41) is 15.8. The minimum Gasteiger partial charge on any atom is -0.478 e. The molecule has 5 heteroatoms. The first kappa shape index (κ1) is 9.51. The highest BCUT2D eigenvalue weighted by molar-refractivity contribution is 5.96. The fourth-order valence-corrected chi connectivity index (χ4v) is 1.47. The molecule has 15 heavy (non-hydrogen) atoms. The van der Waals surface area contributed by atoms with Crippen molar-refractivity contribution in [3.8, 4) is 11.3 Å². The summed E-state index contributed by atoms with van der Waals surface area (Å²) < 4.78 is 4.90. The topological polar surface area (TPSA) is 79.1 Å². The average molecular weight is 206 g/mol. The van der Waals surface area contributed by atoms with Crippen molar-refractivity contribution in [3.05, 3.63) is 29.9 Å². The second kappa shape index (κ2) is 3.61. The largest absolute Gasteiger partial charge is 0.478 e. The first-order valence-corrected chi connectivity index (χ1v) is 4.57. The van der Waals surface area contributed by atoms with Crippen LogP contribution in [0.3, 0.4) is 0 Å². The number of aryl methyl sites for hydroxylation is 1. The van der Waals surface area contributed by atoms with E-state index in [4.69, 9.17) is 9.52 Å². The van der Waals surface area contributed by atoms with Gasteiger partial charge in [-0.2, -0.15) is 5.10 Å². The van der Waals surface area contributed by atoms with Crippen molar-refractivity contribution in [2.75, 3.05) is 0 Å². The van der Waals surface area contributed by atoms with Gasteiger partial charge >= 0.3 is 5.97 Å². The Labute approximate surface area is 85.7 Å². The van der Waals surface area contributed by atoms with Crippen LogP contribution in [-0.4, -0.2) is 21.3 Å². The molecule has 78 valence electrons. The van der Waals surface area contributed by atoms with Gasteiger partial charge in [0.1, 0.15) is 11.3 Å². The van der Waals surface area contributed by atoms with E-state index in [-0.39, 0.29) is 5.56 Å². The number of rotatable bonds is 3. The number of aromatic carboxylic acids is 1. The van der Waals surface area contributed by atoms with Gasteiger partial charge in [0, 0.05) is 5.56 Å². The van der Waals surface area contributed by atoms with Crippen LogP contribution < -0.4 is 0 Å². The maximum Gasteiger partial charge on any atom is 0.339 e. The third kappa shape index (κ3) is 1.52. The molecule has 0 fully saturated rings. The van der Waals surface area contributed by atoms with Gasteiger partial charge < -0.3 is 9.52 Å². The molecule has 0 bridgehead atoms. The first-order chi connectivity index (χ1) is 7.24. The molecule has 2 heterocycles. The summed E-state index contributed by atoms with van der Waals surface area (Å²) in [7, 11) is 0. The van der Waals surface area contributed by atoms with E-state index < -0.39 is 5.97 Å². The Morgan fingerprint density at radius 1 is 1.67 bits per heavy atom. The fraction of sp³-hybridized carbons (Fsp3) is 0.200. The van der Waals surface area contributed by atoms with Crippen molar-refractivity contribution in [2.24, 2.45) is 0 Å². The van der Waals surface area contributed by atoms with Crippen molar-refractivity contribution in [2.45, 2.75) is 13.3 Å². The molecule has 0 spiro atoms. The molecule has 0 saturated carbocycles. The van der Waals surface area contributed by atoms with E-state index in [1.54, 1.807) is 6.07 Å². The molecule has 0 unspecified atom stereocenters. The Morgan fingerprint density at radius 3 is 3.00 bits per heavy atom.